The first-order valence-electron chi connectivity index (χ1n) is 8.20. The summed E-state index contributed by atoms with van der Waals surface area (Å²) >= 11 is 0. The van der Waals surface area contributed by atoms with E-state index in [0.717, 1.165) is 22.3 Å². The van der Waals surface area contributed by atoms with Gasteiger partial charge in [0.05, 0.1) is 0 Å². The summed E-state index contributed by atoms with van der Waals surface area (Å²) in [5, 5.41) is 1.18. The Kier molecular flexibility index (Phi) is 4.52. The molecule has 0 bridgehead atoms. The van der Waals surface area contributed by atoms with Gasteiger partial charge in [0.15, 0.2) is 0 Å². The van der Waals surface area contributed by atoms with Crippen LogP contribution >= 0.6 is 0 Å². The number of hydrogen-bond donors (Lipinski definition) is 1. The van der Waals surface area contributed by atoms with Gasteiger partial charge in [-0.3, -0.25) is 4.79 Å². The first-order valence-corrected chi connectivity index (χ1v) is 8.20. The van der Waals surface area contributed by atoms with E-state index in [0.29, 0.717) is 12.5 Å². The molecule has 0 saturated carbocycles. The molecule has 0 aliphatic rings. The van der Waals surface area contributed by atoms with Crippen molar-refractivity contribution in [2.75, 3.05) is 11.4 Å². The maximum atomic E-state index is 12.3. The number of amides is 1. The maximum Gasteiger partial charge on any atom is 0.250 e. The summed E-state index contributed by atoms with van der Waals surface area (Å²) in [6.07, 6.45) is 3.33. The summed E-state index contributed by atoms with van der Waals surface area (Å²) in [5.74, 6) is 0.311. The Bertz CT molecular complexity index is 876. The number of hydrogen-bond acceptors (Lipinski definition) is 1. The molecule has 0 aliphatic carbocycles. The number of aromatic amines is 1. The third-order valence-electron chi connectivity index (χ3n) is 4.05. The fraction of sp³-hybridized carbons (Fsp3) is 0.190. The molecule has 3 aromatic rings. The number of nitrogens with zero attached hydrogens (tertiary/aromatic N) is 1. The topological polar surface area (TPSA) is 36.1 Å². The van der Waals surface area contributed by atoms with E-state index in [4.69, 9.17) is 0 Å². The molecule has 0 saturated heterocycles. The van der Waals surface area contributed by atoms with E-state index in [2.05, 4.69) is 55.7 Å². The number of rotatable bonds is 5. The van der Waals surface area contributed by atoms with Crippen molar-refractivity contribution in [3.8, 4) is 11.1 Å². The van der Waals surface area contributed by atoms with Gasteiger partial charge in [-0.1, -0.05) is 44.7 Å². The van der Waals surface area contributed by atoms with Crippen molar-refractivity contribution in [3.63, 3.8) is 0 Å². The third kappa shape index (κ3) is 3.11. The molecule has 0 fully saturated rings. The van der Waals surface area contributed by atoms with E-state index in [9.17, 15) is 4.79 Å². The smallest absolute Gasteiger partial charge is 0.250 e. The molecule has 0 unspecified atom stereocenters. The van der Waals surface area contributed by atoms with E-state index >= 15 is 0 Å². The summed E-state index contributed by atoms with van der Waals surface area (Å²) in [4.78, 5) is 17.3. The predicted molar refractivity (Wildman–Crippen MR) is 101 cm³/mol. The average Bonchev–Trinajstić information content (AvgIpc) is 3.07. The first kappa shape index (κ1) is 16.1. The number of carbonyl (C=O) groups is 1. The lowest BCUT2D eigenvalue weighted by atomic mass is 10.0. The highest BCUT2D eigenvalue weighted by atomic mass is 16.2. The second kappa shape index (κ2) is 6.75. The Labute approximate surface area is 142 Å². The monoisotopic (exact) mass is 318 g/mol. The van der Waals surface area contributed by atoms with Gasteiger partial charge in [0.1, 0.15) is 0 Å². The van der Waals surface area contributed by atoms with Crippen LogP contribution in [0.5, 0.6) is 0 Å². The SMILES string of the molecule is C=CC(=O)N(CC(C)C)c1cccc(-c2cccc3[nH]ccc23)c1. The predicted octanol–water partition coefficient (Wildman–Crippen LogP) is 5.01. The lowest BCUT2D eigenvalue weighted by Gasteiger charge is -2.24. The molecule has 1 amide bonds. The van der Waals surface area contributed by atoms with Crippen LogP contribution < -0.4 is 4.90 Å². The van der Waals surface area contributed by atoms with Crippen LogP contribution in [0.25, 0.3) is 22.0 Å². The van der Waals surface area contributed by atoms with Crippen molar-refractivity contribution in [1.82, 2.24) is 4.98 Å². The number of H-pyrrole nitrogens is 1. The molecule has 122 valence electrons. The van der Waals surface area contributed by atoms with Crippen molar-refractivity contribution >= 4 is 22.5 Å². The fourth-order valence-electron chi connectivity index (χ4n) is 2.98. The zero-order valence-electron chi connectivity index (χ0n) is 14.1. The highest BCUT2D eigenvalue weighted by Gasteiger charge is 2.15. The molecule has 3 rings (SSSR count). The van der Waals surface area contributed by atoms with Crippen molar-refractivity contribution in [2.45, 2.75) is 13.8 Å². The normalized spacial score (nSPS) is 11.0. The maximum absolute atomic E-state index is 12.3. The van der Waals surface area contributed by atoms with Crippen molar-refractivity contribution in [3.05, 3.63) is 67.4 Å². The molecule has 1 heterocycles. The minimum absolute atomic E-state index is 0.0688. The number of carbonyl (C=O) groups excluding carboxylic acids is 1. The standard InChI is InChI=1S/C21H22N2O/c1-4-21(24)23(14-15(2)3)17-8-5-7-16(13-17)18-9-6-10-20-19(18)11-12-22-20/h4-13,15,22H,1,14H2,2-3H3. The zero-order valence-corrected chi connectivity index (χ0v) is 14.1. The molecule has 0 aliphatic heterocycles. The van der Waals surface area contributed by atoms with E-state index in [1.54, 1.807) is 4.90 Å². The Hall–Kier alpha value is -2.81. The minimum atomic E-state index is -0.0688. The lowest BCUT2D eigenvalue weighted by Crippen LogP contribution is -2.32. The van der Waals surface area contributed by atoms with Crippen LogP contribution in [0.15, 0.2) is 67.4 Å². The largest absolute Gasteiger partial charge is 0.361 e. The quantitative estimate of drug-likeness (QED) is 0.660. The molecule has 0 radical (unpaired) electrons. The molecular formula is C21H22N2O. The number of benzene rings is 2. The number of fused-ring (bicyclic) bond motifs is 1. The van der Waals surface area contributed by atoms with Crippen molar-refractivity contribution < 1.29 is 4.79 Å². The van der Waals surface area contributed by atoms with Crippen LogP contribution in [-0.2, 0) is 4.79 Å². The van der Waals surface area contributed by atoms with Gasteiger partial charge in [0.25, 0.3) is 0 Å². The van der Waals surface area contributed by atoms with E-state index in [1.165, 1.54) is 11.5 Å². The summed E-state index contributed by atoms with van der Waals surface area (Å²) in [6.45, 7) is 8.51. The van der Waals surface area contributed by atoms with Gasteiger partial charge >= 0.3 is 0 Å². The molecule has 24 heavy (non-hydrogen) atoms. The second-order valence-electron chi connectivity index (χ2n) is 6.34. The van der Waals surface area contributed by atoms with Gasteiger partial charge in [-0.2, -0.15) is 0 Å². The van der Waals surface area contributed by atoms with Crippen LogP contribution in [0.3, 0.4) is 0 Å². The highest BCUT2D eigenvalue weighted by Crippen LogP contribution is 2.31. The number of nitrogens with one attached hydrogen (secondary N) is 1. The minimum Gasteiger partial charge on any atom is -0.361 e. The molecule has 3 heteroatoms. The Morgan fingerprint density at radius 2 is 2.00 bits per heavy atom. The second-order valence-corrected chi connectivity index (χ2v) is 6.34. The van der Waals surface area contributed by atoms with E-state index in [1.807, 2.05) is 24.4 Å². The number of aromatic nitrogens is 1. The van der Waals surface area contributed by atoms with Gasteiger partial charge in [-0.15, -0.1) is 0 Å². The van der Waals surface area contributed by atoms with Gasteiger partial charge in [-0.25, -0.2) is 0 Å². The summed E-state index contributed by atoms with van der Waals surface area (Å²) in [6, 6.07) is 16.4. The average molecular weight is 318 g/mol. The van der Waals surface area contributed by atoms with Crippen LogP contribution in [0.2, 0.25) is 0 Å². The zero-order chi connectivity index (χ0) is 17.1. The molecule has 2 aromatic carbocycles. The third-order valence-corrected chi connectivity index (χ3v) is 4.05. The van der Waals surface area contributed by atoms with Crippen LogP contribution in [0.4, 0.5) is 5.69 Å². The molecular weight excluding hydrogens is 296 g/mol. The van der Waals surface area contributed by atoms with E-state index in [-0.39, 0.29) is 5.91 Å². The van der Waals surface area contributed by atoms with Crippen molar-refractivity contribution in [2.24, 2.45) is 5.92 Å². The summed E-state index contributed by atoms with van der Waals surface area (Å²) < 4.78 is 0. The van der Waals surface area contributed by atoms with Crippen LogP contribution in [-0.4, -0.2) is 17.4 Å². The summed E-state index contributed by atoms with van der Waals surface area (Å²) in [7, 11) is 0. The highest BCUT2D eigenvalue weighted by molar-refractivity contribution is 6.02. The van der Waals surface area contributed by atoms with Gasteiger partial charge < -0.3 is 9.88 Å². The van der Waals surface area contributed by atoms with Gasteiger partial charge in [0, 0.05) is 29.3 Å². The van der Waals surface area contributed by atoms with Gasteiger partial charge in [-0.05, 0) is 47.4 Å². The molecule has 0 atom stereocenters. The van der Waals surface area contributed by atoms with Gasteiger partial charge in [0.2, 0.25) is 5.91 Å². The van der Waals surface area contributed by atoms with Crippen LogP contribution in [0, 0.1) is 5.92 Å². The lowest BCUT2D eigenvalue weighted by molar-refractivity contribution is -0.114. The molecule has 1 N–H and O–H groups in total. The fourth-order valence-corrected chi connectivity index (χ4v) is 2.98. The van der Waals surface area contributed by atoms with E-state index < -0.39 is 0 Å². The van der Waals surface area contributed by atoms with Crippen molar-refractivity contribution in [1.29, 1.82) is 0 Å². The Balaban J connectivity index is 2.06. The molecule has 1 aromatic heterocycles. The van der Waals surface area contributed by atoms with Crippen LogP contribution in [0.1, 0.15) is 13.8 Å². The summed E-state index contributed by atoms with van der Waals surface area (Å²) in [5.41, 5.74) is 4.27. The Morgan fingerprint density at radius 1 is 1.21 bits per heavy atom. The number of anilines is 1. The first-order chi connectivity index (χ1) is 11.6. The molecule has 3 nitrogen and oxygen atoms in total. The Morgan fingerprint density at radius 3 is 2.75 bits per heavy atom. The molecule has 0 spiro atoms.